The van der Waals surface area contributed by atoms with Crippen molar-refractivity contribution in [2.75, 3.05) is 0 Å². The molecule has 5 nitrogen and oxygen atoms in total. The van der Waals surface area contributed by atoms with Crippen LogP contribution in [0.15, 0.2) is 175 Å². The van der Waals surface area contributed by atoms with Gasteiger partial charge in [0, 0.05) is 49.5 Å². The number of aromatic nitrogens is 4. The molecule has 0 spiro atoms. The Morgan fingerprint density at radius 1 is 0.588 bits per heavy atom. The van der Waals surface area contributed by atoms with Gasteiger partial charge in [0.1, 0.15) is 11.2 Å². The van der Waals surface area contributed by atoms with Gasteiger partial charge in [-0.3, -0.25) is 0 Å². The van der Waals surface area contributed by atoms with Gasteiger partial charge in [0.2, 0.25) is 0 Å². The predicted molar refractivity (Wildman–Crippen MR) is 211 cm³/mol. The molecular weight excluding hydrogens is 625 g/mol. The number of allylic oxidation sites excluding steroid dienone is 5. The first-order valence-electron chi connectivity index (χ1n) is 17.0. The van der Waals surface area contributed by atoms with Crippen molar-refractivity contribution in [3.63, 3.8) is 0 Å². The van der Waals surface area contributed by atoms with E-state index in [1.165, 1.54) is 5.39 Å². The summed E-state index contributed by atoms with van der Waals surface area (Å²) in [5.74, 6) is 1.82. The Kier molecular flexibility index (Phi) is 7.44. The molecule has 0 saturated heterocycles. The number of benzene rings is 6. The highest BCUT2D eigenvalue weighted by Gasteiger charge is 2.21. The molecule has 0 atom stereocenters. The van der Waals surface area contributed by atoms with Gasteiger partial charge < -0.3 is 8.98 Å². The van der Waals surface area contributed by atoms with Crippen molar-refractivity contribution in [2.45, 2.75) is 6.92 Å². The maximum absolute atomic E-state index is 6.83. The van der Waals surface area contributed by atoms with Gasteiger partial charge >= 0.3 is 0 Å². The molecular formula is C46H32N4O. The van der Waals surface area contributed by atoms with Crippen LogP contribution in [0.3, 0.4) is 0 Å². The molecule has 0 aliphatic rings. The smallest absolute Gasteiger partial charge is 0.164 e. The van der Waals surface area contributed by atoms with Gasteiger partial charge in [0.15, 0.2) is 17.5 Å². The molecule has 6 aromatic carbocycles. The van der Waals surface area contributed by atoms with E-state index in [1.54, 1.807) is 6.08 Å². The zero-order valence-electron chi connectivity index (χ0n) is 28.0. The number of rotatable bonds is 7. The highest BCUT2D eigenvalue weighted by molar-refractivity contribution is 6.18. The van der Waals surface area contributed by atoms with E-state index >= 15 is 0 Å². The van der Waals surface area contributed by atoms with Gasteiger partial charge in [0.05, 0.1) is 11.0 Å². The fourth-order valence-electron chi connectivity index (χ4n) is 6.99. The summed E-state index contributed by atoms with van der Waals surface area (Å²) in [6, 6.07) is 47.9. The van der Waals surface area contributed by atoms with E-state index in [4.69, 9.17) is 19.4 Å². The zero-order chi connectivity index (χ0) is 34.3. The van der Waals surface area contributed by atoms with Crippen LogP contribution in [0.25, 0.3) is 89.2 Å². The van der Waals surface area contributed by atoms with Crippen molar-refractivity contribution < 1.29 is 4.42 Å². The molecule has 0 aliphatic carbocycles. The zero-order valence-corrected chi connectivity index (χ0v) is 28.0. The topological polar surface area (TPSA) is 56.7 Å². The SMILES string of the molecule is C=C/C=C\C(=C/C)c1cc(-c2nc(-c3ccccc3)nc(-c3ccccc3)n2)cc2c1oc1cc3c4ccccc4n(-c4ccccc4)c3cc12. The standard InChI is InChI=1S/C46H32N4O/c1-3-5-17-30(4-2)36-26-33(46-48-44(31-18-9-6-10-19-31)47-45(49-46)32-20-11-7-12-21-32)27-39-38-28-41-37(29-42(38)51-43(36)39)35-24-15-16-25-40(35)50(41)34-22-13-8-14-23-34/h3-29H,1H2,2H3/b17-5-,30-4+. The van der Waals surface area contributed by atoms with E-state index in [1.807, 2.05) is 73.7 Å². The fourth-order valence-corrected chi connectivity index (χ4v) is 6.99. The predicted octanol–water partition coefficient (Wildman–Crippen LogP) is 12.0. The lowest BCUT2D eigenvalue weighted by molar-refractivity contribution is 0.668. The number of nitrogens with zero attached hydrogens (tertiary/aromatic N) is 4. The quantitative estimate of drug-likeness (QED) is 0.160. The maximum atomic E-state index is 6.83. The van der Waals surface area contributed by atoms with E-state index in [9.17, 15) is 0 Å². The molecule has 9 rings (SSSR count). The number of hydrogen-bond acceptors (Lipinski definition) is 4. The summed E-state index contributed by atoms with van der Waals surface area (Å²) in [7, 11) is 0. The summed E-state index contributed by atoms with van der Waals surface area (Å²) in [4.78, 5) is 15.1. The maximum Gasteiger partial charge on any atom is 0.164 e. The van der Waals surface area contributed by atoms with Gasteiger partial charge in [-0.1, -0.05) is 128 Å². The van der Waals surface area contributed by atoms with Crippen LogP contribution >= 0.6 is 0 Å². The summed E-state index contributed by atoms with van der Waals surface area (Å²) < 4.78 is 9.17. The van der Waals surface area contributed by atoms with Gasteiger partial charge in [-0.2, -0.15) is 0 Å². The van der Waals surface area contributed by atoms with Gasteiger partial charge in [-0.25, -0.2) is 15.0 Å². The largest absolute Gasteiger partial charge is 0.455 e. The second-order valence-corrected chi connectivity index (χ2v) is 12.4. The van der Waals surface area contributed by atoms with Crippen molar-refractivity contribution in [1.82, 2.24) is 19.5 Å². The van der Waals surface area contributed by atoms with Crippen molar-refractivity contribution in [2.24, 2.45) is 0 Å². The Morgan fingerprint density at radius 3 is 1.84 bits per heavy atom. The molecule has 242 valence electrons. The molecule has 0 aliphatic heterocycles. The third-order valence-electron chi connectivity index (χ3n) is 9.37. The molecule has 0 saturated carbocycles. The van der Waals surface area contributed by atoms with Crippen LogP contribution in [0.4, 0.5) is 0 Å². The molecule has 0 unspecified atom stereocenters. The molecule has 0 fully saturated rings. The molecule has 0 N–H and O–H groups in total. The van der Waals surface area contributed by atoms with E-state index in [0.717, 1.165) is 71.9 Å². The fraction of sp³-hybridized carbons (Fsp3) is 0.0217. The lowest BCUT2D eigenvalue weighted by Gasteiger charge is -2.11. The van der Waals surface area contributed by atoms with Crippen LogP contribution in [-0.4, -0.2) is 19.5 Å². The summed E-state index contributed by atoms with van der Waals surface area (Å²) >= 11 is 0. The van der Waals surface area contributed by atoms with Crippen LogP contribution in [0.2, 0.25) is 0 Å². The van der Waals surface area contributed by atoms with Crippen LogP contribution in [0.5, 0.6) is 0 Å². The summed E-state index contributed by atoms with van der Waals surface area (Å²) in [6.45, 7) is 5.96. The molecule has 0 amide bonds. The first-order valence-corrected chi connectivity index (χ1v) is 17.0. The second kappa shape index (κ2) is 12.6. The average molecular weight is 657 g/mol. The summed E-state index contributed by atoms with van der Waals surface area (Å²) in [5.41, 5.74) is 9.66. The van der Waals surface area contributed by atoms with E-state index in [0.29, 0.717) is 17.5 Å². The molecule has 5 heteroatoms. The summed E-state index contributed by atoms with van der Waals surface area (Å²) in [6.07, 6.45) is 7.89. The van der Waals surface area contributed by atoms with Gasteiger partial charge in [0.25, 0.3) is 0 Å². The van der Waals surface area contributed by atoms with Crippen molar-refractivity contribution in [3.8, 4) is 39.9 Å². The Labute approximate surface area is 295 Å². The monoisotopic (exact) mass is 656 g/mol. The molecule has 0 bridgehead atoms. The highest BCUT2D eigenvalue weighted by Crippen LogP contribution is 2.42. The van der Waals surface area contributed by atoms with E-state index in [2.05, 4.69) is 102 Å². The number of para-hydroxylation sites is 2. The van der Waals surface area contributed by atoms with Gasteiger partial charge in [-0.15, -0.1) is 0 Å². The molecule has 9 aromatic rings. The third-order valence-corrected chi connectivity index (χ3v) is 9.37. The lowest BCUT2D eigenvalue weighted by Crippen LogP contribution is -2.00. The average Bonchev–Trinajstić information content (AvgIpc) is 3.72. The molecule has 51 heavy (non-hydrogen) atoms. The Hall–Kier alpha value is -6.85. The minimum atomic E-state index is 0.586. The van der Waals surface area contributed by atoms with Crippen molar-refractivity contribution in [3.05, 3.63) is 176 Å². The number of hydrogen-bond donors (Lipinski definition) is 0. The lowest BCUT2D eigenvalue weighted by atomic mass is 9.97. The molecule has 3 aromatic heterocycles. The minimum Gasteiger partial charge on any atom is -0.455 e. The normalized spacial score (nSPS) is 12.1. The second-order valence-electron chi connectivity index (χ2n) is 12.4. The molecule has 0 radical (unpaired) electrons. The van der Waals surface area contributed by atoms with Gasteiger partial charge in [-0.05, 0) is 55.0 Å². The van der Waals surface area contributed by atoms with Crippen molar-refractivity contribution in [1.29, 1.82) is 0 Å². The minimum absolute atomic E-state index is 0.586. The first-order chi connectivity index (χ1) is 25.2. The number of fused-ring (bicyclic) bond motifs is 6. The van der Waals surface area contributed by atoms with Crippen LogP contribution in [-0.2, 0) is 0 Å². The first kappa shape index (κ1) is 30.2. The highest BCUT2D eigenvalue weighted by atomic mass is 16.3. The van der Waals surface area contributed by atoms with E-state index < -0.39 is 0 Å². The summed E-state index contributed by atoms with van der Waals surface area (Å²) in [5, 5.41) is 4.32. The molecule has 3 heterocycles. The number of furan rings is 1. The van der Waals surface area contributed by atoms with Crippen molar-refractivity contribution >= 4 is 49.3 Å². The Bertz CT molecular complexity index is 2750. The Balaban J connectivity index is 1.36. The van der Waals surface area contributed by atoms with Crippen LogP contribution in [0, 0.1) is 0 Å². The Morgan fingerprint density at radius 2 is 1.20 bits per heavy atom. The van der Waals surface area contributed by atoms with Crippen LogP contribution in [0.1, 0.15) is 12.5 Å². The van der Waals surface area contributed by atoms with E-state index in [-0.39, 0.29) is 0 Å². The van der Waals surface area contributed by atoms with Crippen LogP contribution < -0.4 is 0 Å². The third kappa shape index (κ3) is 5.23.